The van der Waals surface area contributed by atoms with Gasteiger partial charge in [-0.3, -0.25) is 5.32 Å². The maximum Gasteiger partial charge on any atom is 0.320 e. The Morgan fingerprint density at radius 1 is 1.27 bits per heavy atom. The average Bonchev–Trinajstić information content (AvgIpc) is 2.82. The van der Waals surface area contributed by atoms with Gasteiger partial charge in [0.2, 0.25) is 0 Å². The van der Waals surface area contributed by atoms with Crippen LogP contribution in [0.5, 0.6) is 0 Å². The Labute approximate surface area is 131 Å². The Bertz CT molecular complexity index is 545. The van der Waals surface area contributed by atoms with Gasteiger partial charge in [-0.05, 0) is 75.5 Å². The van der Waals surface area contributed by atoms with Crippen LogP contribution in [0.4, 0.5) is 10.6 Å². The largest absolute Gasteiger partial charge is 0.360 e. The molecule has 0 aliphatic heterocycles. The predicted molar refractivity (Wildman–Crippen MR) is 83.5 cm³/mol. The highest BCUT2D eigenvalue weighted by atomic mass is 16.5. The van der Waals surface area contributed by atoms with Crippen molar-refractivity contribution >= 4 is 11.8 Å². The lowest BCUT2D eigenvalue weighted by Gasteiger charge is -2.59. The number of hydrogen-bond donors (Lipinski definition) is 2. The molecule has 4 fully saturated rings. The summed E-state index contributed by atoms with van der Waals surface area (Å²) >= 11 is 0. The van der Waals surface area contributed by atoms with E-state index in [4.69, 9.17) is 4.52 Å². The Hall–Kier alpha value is -1.52. The Morgan fingerprint density at radius 2 is 1.86 bits per heavy atom. The molecule has 0 aromatic carbocycles. The van der Waals surface area contributed by atoms with E-state index in [9.17, 15) is 4.79 Å². The molecule has 4 bridgehead atoms. The first-order chi connectivity index (χ1) is 10.5. The first-order valence-electron chi connectivity index (χ1n) is 8.53. The number of nitrogens with zero attached hydrogens (tertiary/aromatic N) is 1. The minimum Gasteiger partial charge on any atom is -0.360 e. The first kappa shape index (κ1) is 14.1. The highest BCUT2D eigenvalue weighted by Gasteiger charge is 2.53. The van der Waals surface area contributed by atoms with E-state index in [0.29, 0.717) is 17.0 Å². The lowest BCUT2D eigenvalue weighted by Crippen LogP contribution is -2.56. The Kier molecular flexibility index (Phi) is 3.20. The van der Waals surface area contributed by atoms with Gasteiger partial charge in [0.25, 0.3) is 0 Å². The Balaban J connectivity index is 1.41. The number of nitrogens with one attached hydrogen (secondary N) is 2. The summed E-state index contributed by atoms with van der Waals surface area (Å²) in [6, 6.07) is 1.78. The average molecular weight is 303 g/mol. The second-order valence-corrected chi connectivity index (χ2v) is 7.92. The van der Waals surface area contributed by atoms with Crippen LogP contribution in [-0.4, -0.2) is 17.2 Å². The number of carbonyl (C=O) groups excluding carboxylic acids is 1. The van der Waals surface area contributed by atoms with Gasteiger partial charge in [0, 0.05) is 12.1 Å². The summed E-state index contributed by atoms with van der Waals surface area (Å²) in [5, 5.41) is 9.74. The maximum absolute atomic E-state index is 12.2. The molecule has 4 aliphatic rings. The molecule has 1 aromatic rings. The van der Waals surface area contributed by atoms with Crippen LogP contribution < -0.4 is 10.6 Å². The highest BCUT2D eigenvalue weighted by Crippen LogP contribution is 2.61. The van der Waals surface area contributed by atoms with Crippen molar-refractivity contribution in [3.63, 3.8) is 0 Å². The van der Waals surface area contributed by atoms with E-state index in [1.807, 2.05) is 6.92 Å². The summed E-state index contributed by atoms with van der Waals surface area (Å²) in [6.07, 6.45) is 8.17. The van der Waals surface area contributed by atoms with E-state index >= 15 is 0 Å². The van der Waals surface area contributed by atoms with Gasteiger partial charge in [-0.15, -0.1) is 0 Å². The van der Waals surface area contributed by atoms with Crippen molar-refractivity contribution in [3.8, 4) is 0 Å². The van der Waals surface area contributed by atoms with Gasteiger partial charge >= 0.3 is 6.03 Å². The van der Waals surface area contributed by atoms with E-state index in [2.05, 4.69) is 22.7 Å². The predicted octanol–water partition coefficient (Wildman–Crippen LogP) is 3.71. The van der Waals surface area contributed by atoms with Crippen molar-refractivity contribution < 1.29 is 9.32 Å². The van der Waals surface area contributed by atoms with Crippen LogP contribution in [0.2, 0.25) is 0 Å². The fourth-order valence-corrected chi connectivity index (χ4v) is 5.64. The number of aryl methyl sites for hydroxylation is 1. The molecule has 0 saturated heterocycles. The number of carbonyl (C=O) groups is 1. The minimum absolute atomic E-state index is 0.170. The second kappa shape index (κ2) is 5.00. The van der Waals surface area contributed by atoms with E-state index < -0.39 is 0 Å². The summed E-state index contributed by atoms with van der Waals surface area (Å²) in [4.78, 5) is 12.2. The zero-order valence-electron chi connectivity index (χ0n) is 13.4. The van der Waals surface area contributed by atoms with Crippen LogP contribution in [0.25, 0.3) is 0 Å². The third kappa shape index (κ3) is 2.40. The van der Waals surface area contributed by atoms with Gasteiger partial charge in [-0.1, -0.05) is 5.16 Å². The number of rotatable bonds is 3. The fraction of sp³-hybridized carbons (Fsp3) is 0.765. The second-order valence-electron chi connectivity index (χ2n) is 7.92. The number of urea groups is 1. The zero-order valence-corrected chi connectivity index (χ0v) is 13.4. The quantitative estimate of drug-likeness (QED) is 0.894. The molecule has 2 amide bonds. The van der Waals surface area contributed by atoms with E-state index in [1.54, 1.807) is 6.07 Å². The molecule has 4 aliphatic carbocycles. The van der Waals surface area contributed by atoms with Crippen molar-refractivity contribution in [2.45, 2.75) is 58.4 Å². The van der Waals surface area contributed by atoms with Crippen LogP contribution in [0.1, 0.15) is 51.2 Å². The maximum atomic E-state index is 12.2. The molecule has 1 heterocycles. The van der Waals surface area contributed by atoms with Crippen LogP contribution in [-0.2, 0) is 0 Å². The van der Waals surface area contributed by atoms with Gasteiger partial charge in [0.15, 0.2) is 5.82 Å². The molecule has 2 N–H and O–H groups in total. The molecule has 120 valence electrons. The normalized spacial score (nSPS) is 37.1. The van der Waals surface area contributed by atoms with E-state index in [-0.39, 0.29) is 12.1 Å². The molecule has 22 heavy (non-hydrogen) atoms. The summed E-state index contributed by atoms with van der Waals surface area (Å²) in [5.74, 6) is 3.88. The van der Waals surface area contributed by atoms with Crippen molar-refractivity contribution in [2.75, 3.05) is 5.32 Å². The van der Waals surface area contributed by atoms with Gasteiger partial charge in [-0.25, -0.2) is 4.79 Å². The monoisotopic (exact) mass is 303 g/mol. The van der Waals surface area contributed by atoms with Gasteiger partial charge in [0.05, 0.1) is 0 Å². The van der Waals surface area contributed by atoms with Crippen molar-refractivity contribution in [2.24, 2.45) is 23.2 Å². The standard InChI is InChI=1S/C17H25N3O2/c1-10-3-15(20-22-10)19-16(21)18-11(2)17-7-12-4-13(8-17)6-14(5-12)9-17/h3,11-14H,4-9H2,1-2H3,(H2,18,19,20,21)/t11-,12?,13?,14?,17?/m0/s1. The van der Waals surface area contributed by atoms with Crippen molar-refractivity contribution in [1.29, 1.82) is 0 Å². The lowest BCUT2D eigenvalue weighted by molar-refractivity contribution is -0.0680. The summed E-state index contributed by atoms with van der Waals surface area (Å²) in [6.45, 7) is 3.99. The van der Waals surface area contributed by atoms with E-state index in [0.717, 1.165) is 17.8 Å². The van der Waals surface area contributed by atoms with Crippen molar-refractivity contribution in [3.05, 3.63) is 11.8 Å². The fourth-order valence-electron chi connectivity index (χ4n) is 5.64. The minimum atomic E-state index is -0.170. The SMILES string of the molecule is Cc1cc(NC(=O)N[C@@H](C)C23CC4CC(CC(C4)C2)C3)no1. The molecule has 1 aromatic heterocycles. The summed E-state index contributed by atoms with van der Waals surface area (Å²) in [7, 11) is 0. The first-order valence-corrected chi connectivity index (χ1v) is 8.53. The number of anilines is 1. The summed E-state index contributed by atoms with van der Waals surface area (Å²) < 4.78 is 4.98. The van der Waals surface area contributed by atoms with Crippen LogP contribution >= 0.6 is 0 Å². The number of aromatic nitrogens is 1. The molecule has 0 radical (unpaired) electrons. The molecule has 1 atom stereocenters. The molecule has 5 nitrogen and oxygen atoms in total. The molecule has 4 saturated carbocycles. The van der Waals surface area contributed by atoms with Crippen LogP contribution in [0.3, 0.4) is 0 Å². The van der Waals surface area contributed by atoms with E-state index in [1.165, 1.54) is 38.5 Å². The zero-order chi connectivity index (χ0) is 15.3. The molecule has 0 spiro atoms. The van der Waals surface area contributed by atoms with Gasteiger partial charge in [-0.2, -0.15) is 0 Å². The third-order valence-corrected chi connectivity index (χ3v) is 6.22. The highest BCUT2D eigenvalue weighted by molar-refractivity contribution is 5.88. The molecule has 0 unspecified atom stereocenters. The molecular weight excluding hydrogens is 278 g/mol. The molecule has 5 rings (SSSR count). The van der Waals surface area contributed by atoms with Crippen LogP contribution in [0, 0.1) is 30.1 Å². The molecule has 5 heteroatoms. The third-order valence-electron chi connectivity index (χ3n) is 6.22. The van der Waals surface area contributed by atoms with Gasteiger partial charge < -0.3 is 9.84 Å². The van der Waals surface area contributed by atoms with Crippen LogP contribution in [0.15, 0.2) is 10.6 Å². The smallest absolute Gasteiger partial charge is 0.320 e. The Morgan fingerprint density at radius 3 is 2.36 bits per heavy atom. The number of hydrogen-bond acceptors (Lipinski definition) is 3. The summed E-state index contributed by atoms with van der Waals surface area (Å²) in [5.41, 5.74) is 0.325. The topological polar surface area (TPSA) is 67.2 Å². The lowest BCUT2D eigenvalue weighted by atomic mass is 9.48. The van der Waals surface area contributed by atoms with Crippen molar-refractivity contribution in [1.82, 2.24) is 10.5 Å². The number of amides is 2. The van der Waals surface area contributed by atoms with Gasteiger partial charge in [0.1, 0.15) is 5.76 Å². The molecular formula is C17H25N3O2.